The minimum absolute atomic E-state index is 0.301. The van der Waals surface area contributed by atoms with Gasteiger partial charge in [0.15, 0.2) is 0 Å². The molecule has 0 aromatic heterocycles. The minimum atomic E-state index is -1.38. The van der Waals surface area contributed by atoms with Gasteiger partial charge in [-0.25, -0.2) is 0 Å². The molecule has 1 heterocycles. The molecular formula is C15H12N2O3. The third-order valence-electron chi connectivity index (χ3n) is 3.18. The lowest BCUT2D eigenvalue weighted by molar-refractivity contribution is -0.144. The van der Waals surface area contributed by atoms with E-state index < -0.39 is 5.85 Å². The molecule has 20 heavy (non-hydrogen) atoms. The van der Waals surface area contributed by atoms with E-state index in [1.807, 2.05) is 6.07 Å². The normalized spacial score (nSPS) is 20.3. The highest BCUT2D eigenvalue weighted by molar-refractivity contribution is 6.02. The van der Waals surface area contributed by atoms with E-state index in [9.17, 15) is 9.59 Å². The lowest BCUT2D eigenvalue weighted by atomic mass is 10.0. The van der Waals surface area contributed by atoms with Crippen molar-refractivity contribution in [1.82, 2.24) is 5.32 Å². The number of fused-ring (bicyclic) bond motifs is 1. The van der Waals surface area contributed by atoms with Gasteiger partial charge in [0.05, 0.1) is 11.3 Å². The minimum Gasteiger partial charge on any atom is -0.418 e. The van der Waals surface area contributed by atoms with Crippen LogP contribution in [0.5, 0.6) is 0 Å². The van der Waals surface area contributed by atoms with Crippen LogP contribution < -0.4 is 10.6 Å². The van der Waals surface area contributed by atoms with Gasteiger partial charge in [-0.05, 0) is 12.1 Å². The van der Waals surface area contributed by atoms with Gasteiger partial charge in [0.25, 0.3) is 18.2 Å². The topological polar surface area (TPSA) is 67.4 Å². The number of hydrogen-bond acceptors (Lipinski definition) is 4. The van der Waals surface area contributed by atoms with Gasteiger partial charge in [0.1, 0.15) is 0 Å². The molecule has 0 bridgehead atoms. The molecular weight excluding hydrogens is 256 g/mol. The molecule has 2 N–H and O–H groups in total. The Kier molecular flexibility index (Phi) is 2.87. The van der Waals surface area contributed by atoms with Crippen molar-refractivity contribution in [2.45, 2.75) is 5.85 Å². The molecule has 1 atom stereocenters. The van der Waals surface area contributed by atoms with Crippen LogP contribution in [0.3, 0.4) is 0 Å². The summed E-state index contributed by atoms with van der Waals surface area (Å²) in [5, 5.41) is 5.77. The van der Waals surface area contributed by atoms with E-state index in [4.69, 9.17) is 4.74 Å². The number of amides is 1. The van der Waals surface area contributed by atoms with Crippen LogP contribution in [-0.4, -0.2) is 12.4 Å². The molecule has 0 aliphatic carbocycles. The number of carbonyl (C=O) groups excluding carboxylic acids is 2. The third-order valence-corrected chi connectivity index (χ3v) is 3.18. The van der Waals surface area contributed by atoms with E-state index in [0.29, 0.717) is 23.3 Å². The molecule has 0 radical (unpaired) electrons. The number of carbonyl (C=O) groups is 2. The van der Waals surface area contributed by atoms with E-state index in [1.54, 1.807) is 48.5 Å². The van der Waals surface area contributed by atoms with Crippen molar-refractivity contribution in [2.24, 2.45) is 0 Å². The SMILES string of the molecule is O=COC1(c2ccccc2)NC(=O)c2ccccc2N1. The monoisotopic (exact) mass is 268 g/mol. The average molecular weight is 268 g/mol. The quantitative estimate of drug-likeness (QED) is 0.833. The van der Waals surface area contributed by atoms with Gasteiger partial charge in [0.2, 0.25) is 0 Å². The molecule has 0 saturated carbocycles. The average Bonchev–Trinajstić information content (AvgIpc) is 2.48. The first-order valence-electron chi connectivity index (χ1n) is 6.12. The number of para-hydroxylation sites is 1. The number of rotatable bonds is 3. The van der Waals surface area contributed by atoms with Gasteiger partial charge in [-0.2, -0.15) is 0 Å². The molecule has 100 valence electrons. The summed E-state index contributed by atoms with van der Waals surface area (Å²) in [5.74, 6) is -1.68. The molecule has 1 aliphatic rings. The molecule has 5 nitrogen and oxygen atoms in total. The highest BCUT2D eigenvalue weighted by Gasteiger charge is 2.41. The first-order chi connectivity index (χ1) is 9.75. The lowest BCUT2D eigenvalue weighted by Gasteiger charge is -2.38. The zero-order valence-corrected chi connectivity index (χ0v) is 10.5. The predicted molar refractivity (Wildman–Crippen MR) is 72.8 cm³/mol. The van der Waals surface area contributed by atoms with Crippen LogP contribution >= 0.6 is 0 Å². The zero-order chi connectivity index (χ0) is 14.0. The fraction of sp³-hybridized carbons (Fsp3) is 0.0667. The van der Waals surface area contributed by atoms with Crippen molar-refractivity contribution in [3.63, 3.8) is 0 Å². The predicted octanol–water partition coefficient (Wildman–Crippen LogP) is 1.83. The molecule has 5 heteroatoms. The van der Waals surface area contributed by atoms with Crippen LogP contribution in [0.2, 0.25) is 0 Å². The molecule has 2 aromatic rings. The maximum Gasteiger partial charge on any atom is 0.296 e. The standard InChI is InChI=1S/C15H12N2O3/c18-10-20-15(11-6-2-1-3-7-11)16-13-9-5-4-8-12(13)14(19)17-15/h1-10,16H,(H,17,19). The van der Waals surface area contributed by atoms with Gasteiger partial charge in [-0.15, -0.1) is 0 Å². The number of ether oxygens (including phenoxy) is 1. The maximum absolute atomic E-state index is 12.2. The molecule has 2 aromatic carbocycles. The summed E-state index contributed by atoms with van der Waals surface area (Å²) >= 11 is 0. The maximum atomic E-state index is 12.2. The van der Waals surface area contributed by atoms with Crippen molar-refractivity contribution >= 4 is 18.1 Å². The first kappa shape index (κ1) is 12.2. The van der Waals surface area contributed by atoms with E-state index in [1.165, 1.54) is 0 Å². The smallest absolute Gasteiger partial charge is 0.296 e. The number of anilines is 1. The molecule has 3 rings (SSSR count). The van der Waals surface area contributed by atoms with Crippen molar-refractivity contribution in [2.75, 3.05) is 5.32 Å². The summed E-state index contributed by atoms with van der Waals surface area (Å²) in [6.45, 7) is 0.314. The van der Waals surface area contributed by atoms with Crippen molar-refractivity contribution < 1.29 is 14.3 Å². The van der Waals surface area contributed by atoms with E-state index in [-0.39, 0.29) is 5.91 Å². The summed E-state index contributed by atoms with van der Waals surface area (Å²) in [7, 11) is 0. The van der Waals surface area contributed by atoms with Crippen molar-refractivity contribution in [1.29, 1.82) is 0 Å². The molecule has 0 saturated heterocycles. The summed E-state index contributed by atoms with van der Waals surface area (Å²) in [6.07, 6.45) is 0. The zero-order valence-electron chi connectivity index (χ0n) is 10.5. The number of hydrogen-bond donors (Lipinski definition) is 2. The summed E-state index contributed by atoms with van der Waals surface area (Å²) in [6, 6.07) is 16.0. The highest BCUT2D eigenvalue weighted by atomic mass is 16.6. The molecule has 1 aliphatic heterocycles. The van der Waals surface area contributed by atoms with Crippen LogP contribution in [0, 0.1) is 0 Å². The lowest BCUT2D eigenvalue weighted by Crippen LogP contribution is -2.56. The van der Waals surface area contributed by atoms with Crippen molar-refractivity contribution in [3.05, 3.63) is 65.7 Å². The Morgan fingerprint density at radius 3 is 2.40 bits per heavy atom. The fourth-order valence-corrected chi connectivity index (χ4v) is 2.25. The number of benzene rings is 2. The van der Waals surface area contributed by atoms with Crippen LogP contribution in [0.4, 0.5) is 5.69 Å². The second kappa shape index (κ2) is 4.70. The van der Waals surface area contributed by atoms with Crippen LogP contribution in [0.1, 0.15) is 15.9 Å². The summed E-state index contributed by atoms with van der Waals surface area (Å²) in [5.41, 5.74) is 1.76. The third kappa shape index (κ3) is 1.89. The van der Waals surface area contributed by atoms with Crippen molar-refractivity contribution in [3.8, 4) is 0 Å². The van der Waals surface area contributed by atoms with Crippen LogP contribution in [-0.2, 0) is 15.4 Å². The Morgan fingerprint density at radius 1 is 0.950 bits per heavy atom. The molecule has 1 amide bonds. The second-order valence-corrected chi connectivity index (χ2v) is 4.39. The second-order valence-electron chi connectivity index (χ2n) is 4.39. The highest BCUT2D eigenvalue weighted by Crippen LogP contribution is 2.31. The Labute approximate surface area is 115 Å². The van der Waals surface area contributed by atoms with Gasteiger partial charge < -0.3 is 10.1 Å². The van der Waals surface area contributed by atoms with Gasteiger partial charge >= 0.3 is 0 Å². The molecule has 0 spiro atoms. The van der Waals surface area contributed by atoms with Gasteiger partial charge in [-0.1, -0.05) is 42.5 Å². The van der Waals surface area contributed by atoms with Crippen LogP contribution in [0.25, 0.3) is 0 Å². The van der Waals surface area contributed by atoms with Gasteiger partial charge in [-0.3, -0.25) is 14.9 Å². The van der Waals surface area contributed by atoms with E-state index >= 15 is 0 Å². The number of nitrogens with one attached hydrogen (secondary N) is 2. The summed E-state index contributed by atoms with van der Waals surface area (Å²) in [4.78, 5) is 23.1. The Balaban J connectivity index is 2.10. The molecule has 1 unspecified atom stereocenters. The van der Waals surface area contributed by atoms with E-state index in [2.05, 4.69) is 10.6 Å². The van der Waals surface area contributed by atoms with E-state index in [0.717, 1.165) is 0 Å². The Morgan fingerprint density at radius 2 is 1.65 bits per heavy atom. The van der Waals surface area contributed by atoms with Gasteiger partial charge in [0, 0.05) is 5.56 Å². The van der Waals surface area contributed by atoms with Crippen LogP contribution in [0.15, 0.2) is 54.6 Å². The molecule has 0 fully saturated rings. The largest absolute Gasteiger partial charge is 0.418 e. The summed E-state index contributed by atoms with van der Waals surface area (Å²) < 4.78 is 5.16. The first-order valence-corrected chi connectivity index (χ1v) is 6.12. The Hall–Kier alpha value is -2.82. The fourth-order valence-electron chi connectivity index (χ4n) is 2.25. The Bertz CT molecular complexity index is 657.